The first-order valence-corrected chi connectivity index (χ1v) is 3.16. The van der Waals surface area contributed by atoms with E-state index in [1.165, 1.54) is 6.07 Å². The van der Waals surface area contributed by atoms with Crippen LogP contribution in [-0.4, -0.2) is 22.3 Å². The Balaban J connectivity index is 3.13. The molecule has 4 heteroatoms. The molecule has 1 aromatic rings. The summed E-state index contributed by atoms with van der Waals surface area (Å²) in [5.41, 5.74) is 0.0558. The fourth-order valence-corrected chi connectivity index (χ4v) is 0.745. The van der Waals surface area contributed by atoms with Crippen LogP contribution in [0, 0.1) is 0 Å². The van der Waals surface area contributed by atoms with Crippen LogP contribution in [0.2, 0.25) is 0 Å². The summed E-state index contributed by atoms with van der Waals surface area (Å²) in [4.78, 5) is 20.7. The first-order chi connectivity index (χ1) is 5.65. The molecule has 0 fully saturated rings. The highest BCUT2D eigenvalue weighted by molar-refractivity contribution is 6.33. The Morgan fingerprint density at radius 2 is 1.92 bits per heavy atom. The van der Waals surface area contributed by atoms with Gasteiger partial charge in [-0.2, -0.15) is 0 Å². The van der Waals surface area contributed by atoms with Crippen molar-refractivity contribution in [3.63, 3.8) is 0 Å². The van der Waals surface area contributed by atoms with Crippen LogP contribution in [0.5, 0.6) is 11.5 Å². The Morgan fingerprint density at radius 1 is 1.25 bits per heavy atom. The molecule has 0 saturated heterocycles. The minimum Gasteiger partial charge on any atom is -0.504 e. The van der Waals surface area contributed by atoms with Gasteiger partial charge in [0.2, 0.25) is 5.78 Å². The van der Waals surface area contributed by atoms with E-state index in [1.54, 1.807) is 0 Å². The van der Waals surface area contributed by atoms with Crippen molar-refractivity contribution in [1.29, 1.82) is 0 Å². The lowest BCUT2D eigenvalue weighted by molar-refractivity contribution is -0.104. The van der Waals surface area contributed by atoms with Gasteiger partial charge in [-0.05, 0) is 18.2 Å². The Morgan fingerprint density at radius 3 is 2.42 bits per heavy atom. The van der Waals surface area contributed by atoms with Crippen LogP contribution in [0.25, 0.3) is 0 Å². The molecule has 0 aliphatic rings. The molecule has 4 nitrogen and oxygen atoms in total. The van der Waals surface area contributed by atoms with Crippen LogP contribution in [0.1, 0.15) is 10.4 Å². The summed E-state index contributed by atoms with van der Waals surface area (Å²) in [5.74, 6) is -1.47. The number of carbonyl (C=O) groups is 2. The predicted molar refractivity (Wildman–Crippen MR) is 40.2 cm³/mol. The van der Waals surface area contributed by atoms with E-state index in [9.17, 15) is 9.59 Å². The number of phenolic OH excluding ortho intramolecular Hbond substituents is 2. The smallest absolute Gasteiger partial charge is 0.225 e. The standard InChI is InChI=1S/C8H6O4/c9-4-8(12)5-1-2-6(10)7(11)3-5/h1-4,10-11H. The van der Waals surface area contributed by atoms with Gasteiger partial charge >= 0.3 is 0 Å². The lowest BCUT2D eigenvalue weighted by atomic mass is 10.1. The van der Waals surface area contributed by atoms with Crippen LogP contribution >= 0.6 is 0 Å². The molecule has 2 N–H and O–H groups in total. The number of aldehydes is 1. The van der Waals surface area contributed by atoms with E-state index in [4.69, 9.17) is 10.2 Å². The predicted octanol–water partition coefficient (Wildman–Crippen LogP) is 0.479. The highest BCUT2D eigenvalue weighted by Crippen LogP contribution is 2.24. The van der Waals surface area contributed by atoms with Gasteiger partial charge in [-0.1, -0.05) is 0 Å². The third kappa shape index (κ3) is 1.42. The summed E-state index contributed by atoms with van der Waals surface area (Å²) >= 11 is 0. The van der Waals surface area contributed by atoms with Gasteiger partial charge in [0.25, 0.3) is 0 Å². The molecule has 12 heavy (non-hydrogen) atoms. The highest BCUT2D eigenvalue weighted by atomic mass is 16.3. The van der Waals surface area contributed by atoms with Crippen molar-refractivity contribution in [3.05, 3.63) is 23.8 Å². The van der Waals surface area contributed by atoms with Crippen molar-refractivity contribution >= 4 is 12.1 Å². The first-order valence-electron chi connectivity index (χ1n) is 3.16. The number of rotatable bonds is 2. The maximum absolute atomic E-state index is 10.7. The molecule has 0 spiro atoms. The van der Waals surface area contributed by atoms with Crippen LogP contribution in [0.3, 0.4) is 0 Å². The maximum Gasteiger partial charge on any atom is 0.225 e. The molecule has 0 radical (unpaired) electrons. The monoisotopic (exact) mass is 166 g/mol. The van der Waals surface area contributed by atoms with Gasteiger partial charge in [0.05, 0.1) is 0 Å². The summed E-state index contributed by atoms with van der Waals surface area (Å²) in [7, 11) is 0. The molecule has 0 aliphatic heterocycles. The van der Waals surface area contributed by atoms with Gasteiger partial charge in [0, 0.05) is 5.56 Å². The molecular formula is C8H6O4. The van der Waals surface area contributed by atoms with E-state index in [0.717, 1.165) is 12.1 Å². The van der Waals surface area contributed by atoms with E-state index in [2.05, 4.69) is 0 Å². The molecule has 1 rings (SSSR count). The van der Waals surface area contributed by atoms with Crippen molar-refractivity contribution in [3.8, 4) is 11.5 Å². The topological polar surface area (TPSA) is 74.6 Å². The van der Waals surface area contributed by atoms with E-state index >= 15 is 0 Å². The molecule has 0 atom stereocenters. The Labute approximate surface area is 68.1 Å². The van der Waals surface area contributed by atoms with Gasteiger partial charge in [-0.25, -0.2) is 0 Å². The second-order valence-corrected chi connectivity index (χ2v) is 2.19. The second-order valence-electron chi connectivity index (χ2n) is 2.19. The van der Waals surface area contributed by atoms with E-state index in [0.29, 0.717) is 0 Å². The van der Waals surface area contributed by atoms with E-state index < -0.39 is 11.5 Å². The SMILES string of the molecule is O=CC(=O)c1ccc(O)c(O)c1. The summed E-state index contributed by atoms with van der Waals surface area (Å²) in [6, 6.07) is 3.43. The molecule has 0 aliphatic carbocycles. The molecule has 62 valence electrons. The number of phenols is 2. The number of carbonyl (C=O) groups excluding carboxylic acids is 2. The summed E-state index contributed by atoms with van der Waals surface area (Å²) < 4.78 is 0. The zero-order valence-electron chi connectivity index (χ0n) is 6.02. The lowest BCUT2D eigenvalue weighted by Crippen LogP contribution is -1.98. The largest absolute Gasteiger partial charge is 0.504 e. The zero-order valence-corrected chi connectivity index (χ0v) is 6.02. The molecular weight excluding hydrogens is 160 g/mol. The number of ketones is 1. The van der Waals surface area contributed by atoms with E-state index in [1.807, 2.05) is 0 Å². The molecule has 0 saturated carbocycles. The number of hydrogen-bond donors (Lipinski definition) is 2. The van der Waals surface area contributed by atoms with Crippen LogP contribution in [-0.2, 0) is 4.79 Å². The normalized spacial score (nSPS) is 9.33. The Hall–Kier alpha value is -1.84. The van der Waals surface area contributed by atoms with Crippen molar-refractivity contribution in [2.45, 2.75) is 0 Å². The van der Waals surface area contributed by atoms with Crippen molar-refractivity contribution in [2.75, 3.05) is 0 Å². The average Bonchev–Trinajstić information content (AvgIpc) is 2.08. The first kappa shape index (κ1) is 8.26. The van der Waals surface area contributed by atoms with Crippen LogP contribution in [0.15, 0.2) is 18.2 Å². The number of hydrogen-bond acceptors (Lipinski definition) is 4. The molecule has 1 aromatic carbocycles. The van der Waals surface area contributed by atoms with Gasteiger partial charge in [-0.15, -0.1) is 0 Å². The molecule has 0 bridgehead atoms. The Bertz CT molecular complexity index is 330. The molecule has 0 unspecified atom stereocenters. The van der Waals surface area contributed by atoms with Gasteiger partial charge in [-0.3, -0.25) is 9.59 Å². The Kier molecular flexibility index (Phi) is 2.09. The van der Waals surface area contributed by atoms with E-state index in [-0.39, 0.29) is 17.6 Å². The van der Waals surface area contributed by atoms with Crippen LogP contribution in [0.4, 0.5) is 0 Å². The zero-order chi connectivity index (χ0) is 9.14. The third-order valence-corrected chi connectivity index (χ3v) is 1.37. The van der Waals surface area contributed by atoms with Crippen molar-refractivity contribution in [2.24, 2.45) is 0 Å². The second kappa shape index (κ2) is 3.04. The third-order valence-electron chi connectivity index (χ3n) is 1.37. The summed E-state index contributed by atoms with van der Waals surface area (Å²) in [5, 5.41) is 17.8. The average molecular weight is 166 g/mol. The highest BCUT2D eigenvalue weighted by Gasteiger charge is 2.06. The maximum atomic E-state index is 10.7. The lowest BCUT2D eigenvalue weighted by Gasteiger charge is -1.97. The number of Topliss-reactive ketones (excluding diaryl/α,β-unsaturated/α-hetero) is 1. The van der Waals surface area contributed by atoms with Crippen LogP contribution < -0.4 is 0 Å². The summed E-state index contributed by atoms with van der Waals surface area (Å²) in [6.45, 7) is 0. The molecule has 0 aromatic heterocycles. The van der Waals surface area contributed by atoms with Gasteiger partial charge in [0.1, 0.15) is 0 Å². The summed E-state index contributed by atoms with van der Waals surface area (Å²) in [6.07, 6.45) is 0.145. The minimum absolute atomic E-state index is 0.0558. The number of aromatic hydroxyl groups is 2. The van der Waals surface area contributed by atoms with Gasteiger partial charge in [0.15, 0.2) is 17.8 Å². The fraction of sp³-hybridized carbons (Fsp3) is 0. The van der Waals surface area contributed by atoms with Gasteiger partial charge < -0.3 is 10.2 Å². The fourth-order valence-electron chi connectivity index (χ4n) is 0.745. The van der Waals surface area contributed by atoms with Crippen molar-refractivity contribution in [1.82, 2.24) is 0 Å². The number of benzene rings is 1. The molecule has 0 heterocycles. The minimum atomic E-state index is -0.731. The molecule has 0 amide bonds. The van der Waals surface area contributed by atoms with Crippen molar-refractivity contribution < 1.29 is 19.8 Å². The quantitative estimate of drug-likeness (QED) is 0.290.